The molecule has 5 rings (SSSR count). The number of nitrogens with zero attached hydrogens (tertiary/aromatic N) is 4. The molecule has 2 heterocycles. The van der Waals surface area contributed by atoms with Gasteiger partial charge in [-0.15, -0.1) is 0 Å². The molecule has 170 valence electrons. The average molecular weight is 448 g/mol. The van der Waals surface area contributed by atoms with Gasteiger partial charge in [0.1, 0.15) is 6.33 Å². The Labute approximate surface area is 201 Å². The van der Waals surface area contributed by atoms with Gasteiger partial charge >= 0.3 is 0 Å². The fourth-order valence-corrected chi connectivity index (χ4v) is 4.30. The van der Waals surface area contributed by atoms with Crippen LogP contribution in [0, 0.1) is 0 Å². The first-order chi connectivity index (χ1) is 16.8. The van der Waals surface area contributed by atoms with Crippen molar-refractivity contribution in [3.05, 3.63) is 102 Å². The number of anilines is 1. The zero-order chi connectivity index (χ0) is 23.2. The maximum atomic E-state index is 4.59. The third-order valence-electron chi connectivity index (χ3n) is 6.31. The zero-order valence-electron chi connectivity index (χ0n) is 19.5. The first-order valence-electron chi connectivity index (χ1n) is 12.0. The molecule has 1 aliphatic carbocycles. The minimum atomic E-state index is 0.785. The summed E-state index contributed by atoms with van der Waals surface area (Å²) in [5, 5.41) is 3.72. The normalized spacial score (nSPS) is 12.8. The highest BCUT2D eigenvalue weighted by molar-refractivity contribution is 5.77. The Hall–Kier alpha value is -3.86. The van der Waals surface area contributed by atoms with Crippen molar-refractivity contribution >= 4 is 5.69 Å². The molecule has 0 saturated heterocycles. The maximum Gasteiger partial charge on any atom is 0.115 e. The van der Waals surface area contributed by atoms with Crippen molar-refractivity contribution in [3.8, 4) is 22.5 Å². The summed E-state index contributed by atoms with van der Waals surface area (Å²) in [4.78, 5) is 17.4. The van der Waals surface area contributed by atoms with Crippen LogP contribution in [0.3, 0.4) is 0 Å². The molecule has 4 aromatic rings. The van der Waals surface area contributed by atoms with E-state index >= 15 is 0 Å². The molecule has 1 fully saturated rings. The molecule has 1 saturated carbocycles. The van der Waals surface area contributed by atoms with Crippen LogP contribution in [0.15, 0.2) is 90.9 Å². The van der Waals surface area contributed by atoms with E-state index < -0.39 is 0 Å². The predicted octanol–water partition coefficient (Wildman–Crippen LogP) is 6.65. The van der Waals surface area contributed by atoms with Crippen LogP contribution in [0.1, 0.15) is 43.7 Å². The topological polar surface area (TPSA) is 63.6 Å². The van der Waals surface area contributed by atoms with Crippen molar-refractivity contribution < 1.29 is 0 Å². The Morgan fingerprint density at radius 3 is 2.06 bits per heavy atom. The van der Waals surface area contributed by atoms with Crippen LogP contribution >= 0.6 is 0 Å². The van der Waals surface area contributed by atoms with Crippen LogP contribution in [-0.4, -0.2) is 19.9 Å². The third-order valence-corrected chi connectivity index (χ3v) is 6.31. The number of hydrogen-bond donors (Lipinski definition) is 1. The predicted molar refractivity (Wildman–Crippen MR) is 137 cm³/mol. The monoisotopic (exact) mass is 447 g/mol. The van der Waals surface area contributed by atoms with E-state index in [4.69, 9.17) is 0 Å². The first-order valence-corrected chi connectivity index (χ1v) is 12.0. The van der Waals surface area contributed by atoms with E-state index in [1.54, 1.807) is 30.4 Å². The highest BCUT2D eigenvalue weighted by Crippen LogP contribution is 2.32. The maximum absolute atomic E-state index is 4.59. The minimum Gasteiger partial charge on any atom is -0.359 e. The molecule has 0 aliphatic heterocycles. The van der Waals surface area contributed by atoms with Crippen molar-refractivity contribution in [3.63, 3.8) is 0 Å². The van der Waals surface area contributed by atoms with E-state index in [2.05, 4.69) is 80.7 Å². The Kier molecular flexibility index (Phi) is 6.71. The molecular formula is C29H29N5. The van der Waals surface area contributed by atoms with Gasteiger partial charge < -0.3 is 5.32 Å². The van der Waals surface area contributed by atoms with E-state index in [0.29, 0.717) is 0 Å². The van der Waals surface area contributed by atoms with Crippen molar-refractivity contribution in [2.75, 3.05) is 5.32 Å². The molecule has 5 heteroatoms. The van der Waals surface area contributed by atoms with Crippen LogP contribution in [0.2, 0.25) is 0 Å². The Bertz CT molecular complexity index is 1260. The lowest BCUT2D eigenvalue weighted by Crippen LogP contribution is -2.11. The summed E-state index contributed by atoms with van der Waals surface area (Å²) in [6.07, 6.45) is 15.4. The average Bonchev–Trinajstić information content (AvgIpc) is 2.85. The van der Waals surface area contributed by atoms with Gasteiger partial charge in [-0.1, -0.05) is 55.3 Å². The summed E-state index contributed by atoms with van der Waals surface area (Å²) in [7, 11) is 0. The van der Waals surface area contributed by atoms with Crippen LogP contribution in [0.5, 0.6) is 0 Å². The van der Waals surface area contributed by atoms with Gasteiger partial charge in [0.05, 0.1) is 11.4 Å². The molecular weight excluding hydrogens is 418 g/mol. The number of nitrogens with one attached hydrogen (secondary N) is 1. The standard InChI is InChI=1S/C29H29N5/c1-2-4-21-7-9-22(10-8-21)17-27(23-5-3-6-23)34-26-13-11-24(12-14-26)28-29(33-16-15-32-28)25-18-30-20-31-19-25/h7-16,18-20,34H,2-6,17H2,1H3. The molecule has 2 aromatic heterocycles. The van der Waals surface area contributed by atoms with Gasteiger partial charge in [0.2, 0.25) is 0 Å². The van der Waals surface area contributed by atoms with Crippen LogP contribution in [0.4, 0.5) is 5.69 Å². The highest BCUT2D eigenvalue weighted by Gasteiger charge is 2.16. The number of rotatable bonds is 8. The number of allylic oxidation sites excluding steroid dienone is 2. The quantitative estimate of drug-likeness (QED) is 0.328. The number of aryl methyl sites for hydroxylation is 1. The largest absolute Gasteiger partial charge is 0.359 e. The lowest BCUT2D eigenvalue weighted by molar-refractivity contribution is 0.647. The molecule has 0 amide bonds. The summed E-state index contributed by atoms with van der Waals surface area (Å²) in [6, 6.07) is 17.5. The summed E-state index contributed by atoms with van der Waals surface area (Å²) in [5.41, 5.74) is 10.2. The van der Waals surface area contributed by atoms with Crippen LogP contribution in [0.25, 0.3) is 22.5 Å². The third kappa shape index (κ3) is 5.04. The molecule has 0 atom stereocenters. The Morgan fingerprint density at radius 1 is 0.794 bits per heavy atom. The van der Waals surface area contributed by atoms with Gasteiger partial charge in [-0.3, -0.25) is 9.97 Å². The van der Waals surface area contributed by atoms with Gasteiger partial charge in [0.25, 0.3) is 0 Å². The SMILES string of the molecule is CCCc1ccc(CC(Nc2ccc(-c3nccnc3-c3cncnc3)cc2)=C2CCC2)cc1. The van der Waals surface area contributed by atoms with Gasteiger partial charge in [-0.2, -0.15) is 0 Å². The molecule has 34 heavy (non-hydrogen) atoms. The van der Waals surface area contributed by atoms with E-state index in [9.17, 15) is 0 Å². The fourth-order valence-electron chi connectivity index (χ4n) is 4.30. The molecule has 0 radical (unpaired) electrons. The summed E-state index contributed by atoms with van der Waals surface area (Å²) in [6.45, 7) is 2.23. The van der Waals surface area contributed by atoms with Gasteiger partial charge in [-0.05, 0) is 48.9 Å². The molecule has 0 unspecified atom stereocenters. The number of aromatic nitrogens is 4. The fraction of sp³-hybridized carbons (Fsp3) is 0.241. The summed E-state index contributed by atoms with van der Waals surface area (Å²) < 4.78 is 0. The smallest absolute Gasteiger partial charge is 0.115 e. The summed E-state index contributed by atoms with van der Waals surface area (Å²) >= 11 is 0. The van der Waals surface area contributed by atoms with E-state index in [1.165, 1.54) is 48.8 Å². The summed E-state index contributed by atoms with van der Waals surface area (Å²) in [5.74, 6) is 0. The molecule has 0 bridgehead atoms. The van der Waals surface area contributed by atoms with Crippen molar-refractivity contribution in [1.29, 1.82) is 0 Å². The second-order valence-electron chi connectivity index (χ2n) is 8.76. The molecule has 1 aliphatic rings. The minimum absolute atomic E-state index is 0.785. The molecule has 2 aromatic carbocycles. The first kappa shape index (κ1) is 22.0. The van der Waals surface area contributed by atoms with Crippen molar-refractivity contribution in [2.24, 2.45) is 0 Å². The molecule has 5 nitrogen and oxygen atoms in total. The van der Waals surface area contributed by atoms with Crippen LogP contribution < -0.4 is 5.32 Å². The number of hydrogen-bond acceptors (Lipinski definition) is 5. The lowest BCUT2D eigenvalue weighted by Gasteiger charge is -2.24. The highest BCUT2D eigenvalue weighted by atomic mass is 14.9. The van der Waals surface area contributed by atoms with Gasteiger partial charge in [0.15, 0.2) is 0 Å². The van der Waals surface area contributed by atoms with Gasteiger partial charge in [0, 0.05) is 53.7 Å². The second kappa shape index (κ2) is 10.4. The van der Waals surface area contributed by atoms with Crippen molar-refractivity contribution in [2.45, 2.75) is 45.4 Å². The Morgan fingerprint density at radius 2 is 1.44 bits per heavy atom. The number of benzene rings is 2. The van der Waals surface area contributed by atoms with Crippen LogP contribution in [-0.2, 0) is 12.8 Å². The van der Waals surface area contributed by atoms with Gasteiger partial charge in [-0.25, -0.2) is 9.97 Å². The zero-order valence-corrected chi connectivity index (χ0v) is 19.5. The molecule has 0 spiro atoms. The lowest BCUT2D eigenvalue weighted by atomic mass is 9.88. The molecule has 1 N–H and O–H groups in total. The van der Waals surface area contributed by atoms with Crippen molar-refractivity contribution in [1.82, 2.24) is 19.9 Å². The second-order valence-corrected chi connectivity index (χ2v) is 8.76. The van der Waals surface area contributed by atoms with E-state index in [1.807, 2.05) is 0 Å². The Balaban J connectivity index is 1.35. The van der Waals surface area contributed by atoms with E-state index in [0.717, 1.165) is 41.0 Å². The van der Waals surface area contributed by atoms with E-state index in [-0.39, 0.29) is 0 Å².